The highest BCUT2D eigenvalue weighted by Gasteiger charge is 2.78. The Morgan fingerprint density at radius 1 is 0.929 bits per heavy atom. The summed E-state index contributed by atoms with van der Waals surface area (Å²) in [7, 11) is 0. The topological polar surface area (TPSA) is 299 Å². The molecule has 21 heteroatoms. The number of ketones is 2. The van der Waals surface area contributed by atoms with Crippen molar-refractivity contribution in [2.45, 2.75) is 114 Å². The molecule has 0 aromatic carbocycles. The maximum atomic E-state index is 17.7. The van der Waals surface area contributed by atoms with Gasteiger partial charge < -0.3 is 30.1 Å². The number of aliphatic hydroxyl groups is 2. The van der Waals surface area contributed by atoms with Gasteiger partial charge in [-0.1, -0.05) is 25.0 Å². The molecule has 0 radical (unpaired) electrons. The maximum Gasteiger partial charge on any atom is 0.326 e. The third-order valence-corrected chi connectivity index (χ3v) is 11.9. The van der Waals surface area contributed by atoms with Gasteiger partial charge in [0.2, 0.25) is 17.3 Å². The fraction of sp³-hybridized carbons (Fsp3) is 0.714. The van der Waals surface area contributed by atoms with Crippen LogP contribution in [0.3, 0.4) is 0 Å². The summed E-state index contributed by atoms with van der Waals surface area (Å²) < 4.78 is 28.7. The average molecular weight is 804 g/mol. The summed E-state index contributed by atoms with van der Waals surface area (Å²) in [6.45, 7) is 1.43. The number of fused-ring (bicyclic) bond motifs is 5. The number of unbranched alkanes of at least 4 members (excludes halogenated alkanes) is 2. The number of halogens is 1. The molecule has 0 heterocycles. The molecule has 9 atom stereocenters. The molecule has 3 fully saturated rings. The maximum absolute atomic E-state index is 17.7. The number of carboxylic acids is 1. The van der Waals surface area contributed by atoms with Gasteiger partial charge in [0.25, 0.3) is 0 Å². The van der Waals surface area contributed by atoms with Gasteiger partial charge in [-0.3, -0.25) is 54.5 Å². The molecule has 0 aromatic heterocycles. The molecule has 0 aromatic rings. The molecule has 0 aliphatic heterocycles. The summed E-state index contributed by atoms with van der Waals surface area (Å²) in [5.74, 6) is -8.03. The van der Waals surface area contributed by atoms with Crippen molar-refractivity contribution in [2.75, 3.05) is 19.8 Å². The van der Waals surface area contributed by atoms with E-state index in [4.69, 9.17) is 30.3 Å². The van der Waals surface area contributed by atoms with Crippen LogP contribution >= 0.6 is 0 Å². The molecular formula is C35H50FN3O17. The van der Waals surface area contributed by atoms with Gasteiger partial charge in [-0.15, -0.1) is 0 Å². The molecule has 4 aliphatic carbocycles. The third-order valence-electron chi connectivity index (χ3n) is 11.9. The lowest BCUT2D eigenvalue weighted by Gasteiger charge is -2.62. The number of carbonyl (C=O) groups is 6. The van der Waals surface area contributed by atoms with Gasteiger partial charge in [-0.05, 0) is 69.9 Å². The van der Waals surface area contributed by atoms with Crippen LogP contribution in [-0.2, 0) is 47.9 Å². The van der Waals surface area contributed by atoms with Crippen molar-refractivity contribution in [3.8, 4) is 0 Å². The van der Waals surface area contributed by atoms with E-state index in [-0.39, 0.29) is 57.5 Å². The molecule has 0 bridgehead atoms. The van der Waals surface area contributed by atoms with Crippen molar-refractivity contribution in [1.82, 2.24) is 16.1 Å². The first-order valence-corrected chi connectivity index (χ1v) is 18.3. The van der Waals surface area contributed by atoms with Gasteiger partial charge in [0, 0.05) is 29.6 Å². The Morgan fingerprint density at radius 3 is 2.23 bits per heavy atom. The predicted molar refractivity (Wildman–Crippen MR) is 179 cm³/mol. The van der Waals surface area contributed by atoms with Crippen molar-refractivity contribution in [3.05, 3.63) is 23.8 Å². The number of esters is 2. The SMILES string of the molecule is C[C@]12C=CC(=O)C=C1CCC1C3C[C@@H](O)[C@](OC(=O)CCCON(O)O)(C(=O)COC(=O)CC(NC(=O)CCCCCON(O)O)C(=O)O)[C@@]3(C)C[C@H](O)[C@@]12F. The molecule has 0 saturated heterocycles. The second-order valence-electron chi connectivity index (χ2n) is 15.1. The standard InChI is InChI=1S/C35H50FN3O17/c1-32-12-11-21(40)15-20(32)9-10-22-23-16-25(41)35(33(23,2)18-26(42)34(22,32)36,56-29(45)8-6-14-55-39(51)52)27(43)19-53-30(46)17-24(31(47)48)37-28(44)7-4-3-5-13-54-38(49)50/h11-12,15,22-26,41-42,49-52H,3-10,13-14,16-19H2,1-2H3,(H,37,44)(H,47,48)/t22?,23?,24?,25-,26+,32+,33+,34+,35+/m1/s1. The molecule has 4 aliphatic rings. The Kier molecular flexibility index (Phi) is 14.6. The van der Waals surface area contributed by atoms with Crippen LogP contribution in [0, 0.1) is 22.7 Å². The molecule has 56 heavy (non-hydrogen) atoms. The van der Waals surface area contributed by atoms with E-state index in [0.717, 1.165) is 0 Å². The van der Waals surface area contributed by atoms with E-state index in [0.29, 0.717) is 18.4 Å². The van der Waals surface area contributed by atoms with Crippen LogP contribution < -0.4 is 5.32 Å². The van der Waals surface area contributed by atoms with E-state index in [2.05, 4.69) is 15.0 Å². The normalized spacial score (nSPS) is 32.6. The molecule has 3 unspecified atom stereocenters. The van der Waals surface area contributed by atoms with E-state index in [9.17, 15) is 44.1 Å². The first-order valence-electron chi connectivity index (χ1n) is 18.3. The summed E-state index contributed by atoms with van der Waals surface area (Å²) in [5, 5.41) is 68.9. The minimum absolute atomic E-state index is 0.0617. The van der Waals surface area contributed by atoms with Crippen molar-refractivity contribution < 1.29 is 88.5 Å². The van der Waals surface area contributed by atoms with Crippen molar-refractivity contribution in [3.63, 3.8) is 0 Å². The second-order valence-corrected chi connectivity index (χ2v) is 15.1. The van der Waals surface area contributed by atoms with E-state index < -0.39 is 118 Å². The monoisotopic (exact) mass is 803 g/mol. The van der Waals surface area contributed by atoms with Crippen LogP contribution in [0.25, 0.3) is 0 Å². The molecule has 20 nitrogen and oxygen atoms in total. The number of ether oxygens (including phenoxy) is 2. The van der Waals surface area contributed by atoms with Crippen LogP contribution in [0.5, 0.6) is 0 Å². The van der Waals surface area contributed by atoms with E-state index >= 15 is 4.39 Å². The lowest BCUT2D eigenvalue weighted by atomic mass is 9.44. The minimum Gasteiger partial charge on any atom is -0.480 e. The minimum atomic E-state index is -2.52. The van der Waals surface area contributed by atoms with Gasteiger partial charge in [0.05, 0.1) is 36.5 Å². The van der Waals surface area contributed by atoms with Crippen molar-refractivity contribution in [2.24, 2.45) is 22.7 Å². The van der Waals surface area contributed by atoms with E-state index in [1.807, 2.05) is 0 Å². The van der Waals surface area contributed by atoms with E-state index in [1.54, 1.807) is 6.92 Å². The van der Waals surface area contributed by atoms with Gasteiger partial charge in [-0.2, -0.15) is 0 Å². The van der Waals surface area contributed by atoms with Gasteiger partial charge in [0.1, 0.15) is 12.1 Å². The summed E-state index contributed by atoms with van der Waals surface area (Å²) in [4.78, 5) is 85.9. The number of amides is 1. The van der Waals surface area contributed by atoms with Crippen LogP contribution in [0.2, 0.25) is 0 Å². The number of carbonyl (C=O) groups excluding carboxylic acids is 5. The number of rotatable bonds is 20. The highest BCUT2D eigenvalue weighted by molar-refractivity contribution is 6.01. The predicted octanol–water partition coefficient (Wildman–Crippen LogP) is 1.05. The lowest BCUT2D eigenvalue weighted by Crippen LogP contribution is -2.70. The lowest BCUT2D eigenvalue weighted by molar-refractivity contribution is -0.492. The number of nitrogens with zero attached hydrogens (tertiary/aromatic N) is 2. The number of aliphatic hydroxyl groups excluding tert-OH is 2. The zero-order valence-electron chi connectivity index (χ0n) is 31.0. The van der Waals surface area contributed by atoms with Gasteiger partial charge >= 0.3 is 17.9 Å². The van der Waals surface area contributed by atoms with Crippen LogP contribution in [0.15, 0.2) is 23.8 Å². The summed E-state index contributed by atoms with van der Waals surface area (Å²) in [6, 6.07) is -1.77. The molecule has 0 spiro atoms. The third kappa shape index (κ3) is 9.01. The number of carboxylic acid groups (broad SMARTS) is 1. The second kappa shape index (κ2) is 18.2. The largest absolute Gasteiger partial charge is 0.480 e. The number of nitrogens with one attached hydrogen (secondary N) is 1. The Morgan fingerprint density at radius 2 is 1.59 bits per heavy atom. The smallest absolute Gasteiger partial charge is 0.326 e. The number of aliphatic carboxylic acids is 1. The summed E-state index contributed by atoms with van der Waals surface area (Å²) >= 11 is 0. The van der Waals surface area contributed by atoms with Crippen molar-refractivity contribution in [1.29, 1.82) is 0 Å². The Hall–Kier alpha value is -3.77. The molecule has 8 N–H and O–H groups in total. The van der Waals surface area contributed by atoms with E-state index in [1.165, 1.54) is 25.2 Å². The molecule has 314 valence electrons. The zero-order chi connectivity index (χ0) is 41.6. The van der Waals surface area contributed by atoms with Gasteiger partial charge in [0.15, 0.2) is 18.1 Å². The summed E-state index contributed by atoms with van der Waals surface area (Å²) in [5.41, 5.74) is -7.50. The molecule has 4 rings (SSSR count). The van der Waals surface area contributed by atoms with Crippen LogP contribution in [-0.4, -0.2) is 132 Å². The zero-order valence-corrected chi connectivity index (χ0v) is 31.0. The molecule has 1 amide bonds. The fourth-order valence-corrected chi connectivity index (χ4v) is 9.20. The quantitative estimate of drug-likeness (QED) is 0.0484. The first-order chi connectivity index (χ1) is 26.2. The molecule has 3 saturated carbocycles. The highest BCUT2D eigenvalue weighted by atomic mass is 19.1. The number of Topliss-reactive ketones (excluding diaryl/α,β-unsaturated/α-hetero) is 1. The van der Waals surface area contributed by atoms with Crippen LogP contribution in [0.1, 0.15) is 84.5 Å². The average Bonchev–Trinajstić information content (AvgIpc) is 3.33. The highest BCUT2D eigenvalue weighted by Crippen LogP contribution is 2.70. The Labute approximate surface area is 320 Å². The summed E-state index contributed by atoms with van der Waals surface area (Å²) in [6.07, 6.45) is -0.772. The number of allylic oxidation sites excluding steroid dienone is 4. The van der Waals surface area contributed by atoms with Crippen molar-refractivity contribution >= 4 is 35.4 Å². The number of hydrogen-bond acceptors (Lipinski definition) is 18. The van der Waals surface area contributed by atoms with Gasteiger partial charge in [-0.25, -0.2) is 9.18 Å². The number of hydrogen-bond donors (Lipinski definition) is 8. The van der Waals surface area contributed by atoms with Crippen LogP contribution in [0.4, 0.5) is 4.39 Å². The fourth-order valence-electron chi connectivity index (χ4n) is 9.20. The first kappa shape index (κ1) is 44.9. The Bertz CT molecular complexity index is 1570. The number of alkyl halides is 1. The molecular weight excluding hydrogens is 753 g/mol. The Balaban J connectivity index is 1.53.